The van der Waals surface area contributed by atoms with Crippen LogP contribution in [-0.4, -0.2) is 400 Å². The van der Waals surface area contributed by atoms with Crippen LogP contribution in [0.4, 0.5) is 0 Å². The van der Waals surface area contributed by atoms with Crippen LogP contribution in [0.15, 0.2) is 24.3 Å². The highest BCUT2D eigenvalue weighted by Crippen LogP contribution is 2.46. The molecule has 16 atom stereocenters. The van der Waals surface area contributed by atoms with E-state index in [9.17, 15) is 81.5 Å². The minimum absolute atomic E-state index is 0.0319. The zero-order chi connectivity index (χ0) is 108. The largest absolute Gasteiger partial charge is 0.463 e. The predicted octanol–water partition coefficient (Wildman–Crippen LogP) is -0.652. The molecule has 3 saturated heterocycles. The summed E-state index contributed by atoms with van der Waals surface area (Å²) in [5.74, 6) is -10.2. The lowest BCUT2D eigenvalue weighted by Crippen LogP contribution is -2.66. The summed E-state index contributed by atoms with van der Waals surface area (Å²) < 4.78 is 146. The number of nitrogens with zero attached hydrogens (tertiary/aromatic N) is 2. The summed E-state index contributed by atoms with van der Waals surface area (Å²) in [6.07, 6.45) is -16.0. The minimum Gasteiger partial charge on any atom is -0.463 e. The van der Waals surface area contributed by atoms with E-state index in [-0.39, 0.29) is 214 Å². The summed E-state index contributed by atoms with van der Waals surface area (Å²) in [5.41, 5.74) is -0.722. The Morgan fingerprint density at radius 2 is 0.699 bits per heavy atom. The molecule has 146 heavy (non-hydrogen) atoms. The highest BCUT2D eigenvalue weighted by Gasteiger charge is 2.55. The molecule has 3 aliphatic heterocycles. The highest BCUT2D eigenvalue weighted by molar-refractivity contribution is 7.45. The number of nitrogens with one attached hydrogen (secondary N) is 8. The van der Waals surface area contributed by atoms with Gasteiger partial charge in [-0.15, -0.1) is 0 Å². The first-order chi connectivity index (χ1) is 69.5. The molecule has 826 valence electrons. The average Bonchev–Trinajstić information content (AvgIpc) is 0.791. The lowest BCUT2D eigenvalue weighted by Gasteiger charge is -2.44. The molecule has 0 aliphatic carbocycles. The second-order valence-electron chi connectivity index (χ2n) is 33.9. The van der Waals surface area contributed by atoms with Gasteiger partial charge in [-0.25, -0.2) is 4.67 Å². The number of esters is 9. The number of ether oxygens (including phenoxy) is 23. The molecule has 0 aromatic heterocycles. The van der Waals surface area contributed by atoms with Gasteiger partial charge in [-0.2, -0.15) is 5.26 Å². The molecule has 3 heterocycles. The number of Topliss-reactive ketones (excluding diaryl/α,β-unsaturated/α-hetero) is 1. The summed E-state index contributed by atoms with van der Waals surface area (Å²) in [6.45, 7) is 17.9. The van der Waals surface area contributed by atoms with E-state index in [0.717, 1.165) is 67.9 Å². The van der Waals surface area contributed by atoms with Crippen LogP contribution in [0.2, 0.25) is 0 Å². The smallest absolute Gasteiger partial charge is 0.321 e. The standard InChI is InChI=1S/C93H147N10O42P/c1-57(2)103(58(3)4)146(135-33-17-28-94)145-73-21-18-71(19-22-73)20-23-77(117)96-30-39-123-43-42-121-35-27-80(120)102-93(55-127-36-25-78(118)97-31-40-124-45-48-130-91-82(100-60(6)105)88(140-69(15)114)85(137-66(12)111)75(143-91)52-133-63(9)108,56-128-37-26-79(119)98-32-41-125-46-49-131-92-83(101-61(7)106)89(141-70(16)115)86(138-67(13)112)76(144-92)53-134-64(10)109)54-126-34-24-72(116)50-95-29-38-122-44-47-129-90-81(99-59(5)104)87(139-68(14)113)84(136-65(11)110)74(142-90)51-132-62(8)107/h18-19,21-22,57-58,74-76,81-92,95H,17,20,23-27,29-56H2,1-16H3,(H,96,117)(H,97,118)(H,98,119)(H,99,104)(H,100,105)(H,101,106)(H,102,120)/t74-,75-,76-,81-,82-,83-,84+,85+,86+,87-,88-,89-,90-,91-,92-,146?/m1/s1. The zero-order valence-electron chi connectivity index (χ0n) is 85.9. The fraction of sp³-hybridized carbons (Fsp3) is 0.742. The molecule has 52 nitrogen and oxygen atoms in total. The van der Waals surface area contributed by atoms with Gasteiger partial charge >= 0.3 is 62.2 Å². The van der Waals surface area contributed by atoms with Crippen LogP contribution >= 0.6 is 8.53 Å². The third-order valence-electron chi connectivity index (χ3n) is 20.5. The molecule has 0 saturated carbocycles. The molecule has 3 fully saturated rings. The molecule has 7 amide bonds. The molecule has 8 N–H and O–H groups in total. The predicted molar refractivity (Wildman–Crippen MR) is 503 cm³/mol. The van der Waals surface area contributed by atoms with Crippen molar-refractivity contribution in [2.75, 3.05) is 185 Å². The minimum atomic E-state index is -1.62. The molecule has 53 heteroatoms. The van der Waals surface area contributed by atoms with Crippen LogP contribution in [0, 0.1) is 11.3 Å². The second-order valence-corrected chi connectivity index (χ2v) is 35.2. The van der Waals surface area contributed by atoms with Gasteiger partial charge in [0.1, 0.15) is 73.3 Å². The Bertz CT molecular complexity index is 4120. The van der Waals surface area contributed by atoms with Gasteiger partial charge in [0, 0.05) is 153 Å². The van der Waals surface area contributed by atoms with E-state index in [1.54, 1.807) is 0 Å². The van der Waals surface area contributed by atoms with Crippen LogP contribution in [-0.2, 0) is 201 Å². The molecule has 0 radical (unpaired) electrons. The van der Waals surface area contributed by atoms with E-state index in [0.29, 0.717) is 12.2 Å². The molecule has 0 spiro atoms. The van der Waals surface area contributed by atoms with Crippen LogP contribution in [0.25, 0.3) is 0 Å². The summed E-state index contributed by atoms with van der Waals surface area (Å²) in [4.78, 5) is 214. The Balaban J connectivity index is 1.47. The monoisotopic (exact) mass is 2110 g/mol. The van der Waals surface area contributed by atoms with Crippen molar-refractivity contribution in [2.45, 2.75) is 265 Å². The third-order valence-corrected chi connectivity index (χ3v) is 22.5. The first kappa shape index (κ1) is 128. The number of ketones is 1. The number of aryl methyl sites for hydroxylation is 1. The topological polar surface area (TPSA) is 644 Å². The zero-order valence-corrected chi connectivity index (χ0v) is 86.8. The van der Waals surface area contributed by atoms with Gasteiger partial charge in [-0.05, 0) is 51.8 Å². The molecule has 0 bridgehead atoms. The quantitative estimate of drug-likeness (QED) is 0.0174. The normalized spacial score (nSPS) is 20.9. The number of benzene rings is 1. The number of carbonyl (C=O) groups excluding carboxylic acids is 17. The molecule has 1 aromatic rings. The van der Waals surface area contributed by atoms with Crippen molar-refractivity contribution < 1.29 is 200 Å². The van der Waals surface area contributed by atoms with Crippen molar-refractivity contribution in [2.24, 2.45) is 0 Å². The van der Waals surface area contributed by atoms with Crippen molar-refractivity contribution in [3.63, 3.8) is 0 Å². The Labute approximate surface area is 849 Å². The van der Waals surface area contributed by atoms with Crippen molar-refractivity contribution in [1.29, 1.82) is 5.26 Å². The first-order valence-corrected chi connectivity index (χ1v) is 49.0. The van der Waals surface area contributed by atoms with Gasteiger partial charge in [0.05, 0.1) is 151 Å². The number of hydrogen-bond acceptors (Lipinski definition) is 45. The van der Waals surface area contributed by atoms with Crippen LogP contribution in [0.5, 0.6) is 5.75 Å². The van der Waals surface area contributed by atoms with Gasteiger partial charge < -0.3 is 161 Å². The molecular formula is C93H147N10O42P. The maximum atomic E-state index is 14.2. The van der Waals surface area contributed by atoms with E-state index < -0.39 is 228 Å². The van der Waals surface area contributed by atoms with Crippen molar-refractivity contribution in [3.8, 4) is 11.8 Å². The number of hydrogen-bond donors (Lipinski definition) is 8. The third kappa shape index (κ3) is 53.9. The van der Waals surface area contributed by atoms with Gasteiger partial charge in [0.2, 0.25) is 41.4 Å². The van der Waals surface area contributed by atoms with Gasteiger partial charge in [-0.3, -0.25) is 81.5 Å². The van der Waals surface area contributed by atoms with E-state index in [1.165, 1.54) is 20.8 Å². The van der Waals surface area contributed by atoms with Crippen LogP contribution < -0.4 is 47.1 Å². The molecule has 3 aliphatic rings. The maximum Gasteiger partial charge on any atom is 0.321 e. The Morgan fingerprint density at radius 1 is 0.377 bits per heavy atom. The fourth-order valence-electron chi connectivity index (χ4n) is 14.5. The van der Waals surface area contributed by atoms with Crippen molar-refractivity contribution in [1.82, 2.24) is 47.2 Å². The lowest BCUT2D eigenvalue weighted by molar-refractivity contribution is -0.279. The number of rotatable bonds is 74. The number of carbonyl (C=O) groups is 17. The van der Waals surface area contributed by atoms with E-state index >= 15 is 0 Å². The summed E-state index contributed by atoms with van der Waals surface area (Å²) in [7, 11) is -1.51. The molecule has 1 unspecified atom stereocenters. The molecule has 4 rings (SSSR count). The van der Waals surface area contributed by atoms with Crippen LogP contribution in [0.3, 0.4) is 0 Å². The lowest BCUT2D eigenvalue weighted by atomic mass is 9.96. The van der Waals surface area contributed by atoms with Crippen molar-refractivity contribution >= 4 is 109 Å². The average molecular weight is 2110 g/mol. The van der Waals surface area contributed by atoms with Gasteiger partial charge in [-0.1, -0.05) is 12.1 Å². The van der Waals surface area contributed by atoms with E-state index in [1.807, 2.05) is 52.0 Å². The van der Waals surface area contributed by atoms with Crippen LogP contribution in [0.1, 0.15) is 155 Å². The molecular weight excluding hydrogens is 1960 g/mol. The van der Waals surface area contributed by atoms with E-state index in [4.69, 9.17) is 123 Å². The van der Waals surface area contributed by atoms with E-state index in [2.05, 4.69) is 53.3 Å². The number of amides is 7. The SMILES string of the molecule is CC(=O)N[C@H]1[C@H](OCCOCCNCC(=O)CCOCC(COCCC(=O)NCCOCCO[C@@H]2O[C@H](COC(C)=O)[C@H](OC(C)=O)[C@H](OC(C)=O)[C@H]2NC(C)=O)(COCCC(=O)NCCOCCO[C@@H]2O[C@H](COC(C)=O)[C@H](OC(C)=O)[C@H](OC(C)=O)[C@H]2NC(C)=O)NC(=O)CCOCCOCCNC(=O)CCc2ccc(OP(OCCC#N)N(C(C)C)C(C)C)cc2)O[C@H](COC(C)=O)[C@H](OC(C)=O)[C@@H]1OC(C)=O. The van der Waals surface area contributed by atoms with Gasteiger partial charge in [0.15, 0.2) is 55.5 Å². The second kappa shape index (κ2) is 71.9. The Kier molecular flexibility index (Phi) is 62.9. The fourth-order valence-corrected chi connectivity index (χ4v) is 16.1. The summed E-state index contributed by atoms with van der Waals surface area (Å²) in [6, 6.07) is 5.99. The Hall–Kier alpha value is -10.6. The summed E-state index contributed by atoms with van der Waals surface area (Å²) >= 11 is 0. The Morgan fingerprint density at radius 3 is 1.04 bits per heavy atom. The number of nitriles is 1. The summed E-state index contributed by atoms with van der Waals surface area (Å²) in [5, 5.41) is 31.1. The maximum absolute atomic E-state index is 14.2. The molecule has 1 aromatic carbocycles. The first-order valence-electron chi connectivity index (χ1n) is 47.9. The van der Waals surface area contributed by atoms with Crippen molar-refractivity contribution in [3.05, 3.63) is 29.8 Å². The highest BCUT2D eigenvalue weighted by atomic mass is 31.2. The van der Waals surface area contributed by atoms with Gasteiger partial charge in [0.25, 0.3) is 0 Å².